The smallest absolute Gasteiger partial charge is 0.208 e. The van der Waals surface area contributed by atoms with Gasteiger partial charge in [0.1, 0.15) is 0 Å². The van der Waals surface area contributed by atoms with E-state index in [0.717, 1.165) is 23.7 Å². The van der Waals surface area contributed by atoms with Crippen LogP contribution >= 0.6 is 31.9 Å². The van der Waals surface area contributed by atoms with E-state index in [1.54, 1.807) is 18.2 Å². The first-order valence-electron chi connectivity index (χ1n) is 6.84. The monoisotopic (exact) mass is 425 g/mol. The molecule has 0 heterocycles. The molecule has 0 aliphatic heterocycles. The molecule has 1 atom stereocenters. The number of hydrogen-bond donors (Lipinski definition) is 1. The van der Waals surface area contributed by atoms with E-state index in [1.165, 1.54) is 12.8 Å². The SMILES string of the molecule is CCCCCCC(C)NS(=O)(=O)c1ccc(Br)cc1Br. The summed E-state index contributed by atoms with van der Waals surface area (Å²) in [5.74, 6) is 0. The molecule has 0 aliphatic carbocycles. The van der Waals surface area contributed by atoms with Gasteiger partial charge in [-0.3, -0.25) is 0 Å². The summed E-state index contributed by atoms with van der Waals surface area (Å²) in [4.78, 5) is 0.279. The van der Waals surface area contributed by atoms with E-state index in [1.807, 2.05) is 6.92 Å². The van der Waals surface area contributed by atoms with Crippen LogP contribution in [0.4, 0.5) is 0 Å². The van der Waals surface area contributed by atoms with Gasteiger partial charge in [-0.25, -0.2) is 13.1 Å². The van der Waals surface area contributed by atoms with Crippen molar-refractivity contribution in [2.75, 3.05) is 0 Å². The second kappa shape index (κ2) is 8.51. The Morgan fingerprint density at radius 3 is 2.50 bits per heavy atom. The maximum atomic E-state index is 12.3. The molecule has 0 amide bonds. The number of rotatable bonds is 8. The maximum Gasteiger partial charge on any atom is 0.241 e. The number of hydrogen-bond acceptors (Lipinski definition) is 2. The standard InChI is InChI=1S/C14H21Br2NO2S/c1-3-4-5-6-7-11(2)17-20(18,19)14-9-8-12(15)10-13(14)16/h8-11,17H,3-7H2,1-2H3. The first-order valence-corrected chi connectivity index (χ1v) is 9.91. The van der Waals surface area contributed by atoms with Gasteiger partial charge in [0.05, 0.1) is 4.90 Å². The van der Waals surface area contributed by atoms with Gasteiger partial charge in [-0.15, -0.1) is 0 Å². The van der Waals surface area contributed by atoms with Crippen molar-refractivity contribution in [2.24, 2.45) is 0 Å². The summed E-state index contributed by atoms with van der Waals surface area (Å²) in [6.07, 6.45) is 5.47. The summed E-state index contributed by atoms with van der Waals surface area (Å²) in [6, 6.07) is 5.01. The van der Waals surface area contributed by atoms with Crippen molar-refractivity contribution in [2.45, 2.75) is 56.9 Å². The minimum Gasteiger partial charge on any atom is -0.208 e. The van der Waals surface area contributed by atoms with Crippen molar-refractivity contribution >= 4 is 41.9 Å². The predicted molar refractivity (Wildman–Crippen MR) is 90.4 cm³/mol. The third kappa shape index (κ3) is 5.84. The Labute approximate surface area is 138 Å². The van der Waals surface area contributed by atoms with Gasteiger partial charge in [-0.2, -0.15) is 0 Å². The van der Waals surface area contributed by atoms with E-state index in [4.69, 9.17) is 0 Å². The number of nitrogens with one attached hydrogen (secondary N) is 1. The topological polar surface area (TPSA) is 46.2 Å². The highest BCUT2D eigenvalue weighted by molar-refractivity contribution is 9.11. The fourth-order valence-corrected chi connectivity index (χ4v) is 4.98. The molecule has 0 saturated heterocycles. The molecule has 0 aliphatic rings. The van der Waals surface area contributed by atoms with Gasteiger partial charge in [0.15, 0.2) is 0 Å². The summed E-state index contributed by atoms with van der Waals surface area (Å²) < 4.78 is 28.8. The summed E-state index contributed by atoms with van der Waals surface area (Å²) in [5, 5.41) is 0. The highest BCUT2D eigenvalue weighted by Crippen LogP contribution is 2.26. The Balaban J connectivity index is 2.65. The molecular weight excluding hydrogens is 406 g/mol. The molecule has 114 valence electrons. The van der Waals surface area contributed by atoms with Crippen molar-refractivity contribution in [3.05, 3.63) is 27.1 Å². The van der Waals surface area contributed by atoms with Crippen LogP contribution in [-0.4, -0.2) is 14.5 Å². The van der Waals surface area contributed by atoms with Gasteiger partial charge in [0, 0.05) is 15.0 Å². The third-order valence-corrected chi connectivity index (χ3v) is 6.09. The normalized spacial score (nSPS) is 13.4. The Kier molecular flexibility index (Phi) is 7.72. The molecule has 0 radical (unpaired) electrons. The van der Waals surface area contributed by atoms with E-state index >= 15 is 0 Å². The van der Waals surface area contributed by atoms with Gasteiger partial charge in [-0.1, -0.05) is 48.5 Å². The fraction of sp³-hybridized carbons (Fsp3) is 0.571. The molecule has 0 aromatic heterocycles. The molecular formula is C14H21Br2NO2S. The van der Waals surface area contributed by atoms with Crippen molar-refractivity contribution in [3.8, 4) is 0 Å². The van der Waals surface area contributed by atoms with E-state index in [9.17, 15) is 8.42 Å². The number of benzene rings is 1. The molecule has 1 N–H and O–H groups in total. The molecule has 1 aromatic carbocycles. The maximum absolute atomic E-state index is 12.3. The van der Waals surface area contributed by atoms with Crippen LogP contribution < -0.4 is 4.72 Å². The van der Waals surface area contributed by atoms with Gasteiger partial charge in [0.25, 0.3) is 0 Å². The molecule has 0 fully saturated rings. The van der Waals surface area contributed by atoms with E-state index in [2.05, 4.69) is 43.5 Å². The van der Waals surface area contributed by atoms with E-state index in [-0.39, 0.29) is 10.9 Å². The predicted octanol–water partition coefficient (Wildman–Crippen LogP) is 4.85. The van der Waals surface area contributed by atoms with Crippen LogP contribution in [-0.2, 0) is 10.0 Å². The second-order valence-corrected chi connectivity index (χ2v) is 8.40. The summed E-state index contributed by atoms with van der Waals surface area (Å²) >= 11 is 6.61. The summed E-state index contributed by atoms with van der Waals surface area (Å²) in [6.45, 7) is 4.08. The van der Waals surface area contributed by atoms with Crippen molar-refractivity contribution in [3.63, 3.8) is 0 Å². The quantitative estimate of drug-likeness (QED) is 0.604. The van der Waals surface area contributed by atoms with Crippen molar-refractivity contribution in [1.82, 2.24) is 4.72 Å². The molecule has 1 unspecified atom stereocenters. The zero-order chi connectivity index (χ0) is 15.2. The van der Waals surface area contributed by atoms with Crippen LogP contribution in [0.25, 0.3) is 0 Å². The molecule has 6 heteroatoms. The lowest BCUT2D eigenvalue weighted by Crippen LogP contribution is -2.32. The molecule has 0 spiro atoms. The molecule has 1 rings (SSSR count). The summed E-state index contributed by atoms with van der Waals surface area (Å²) in [5.41, 5.74) is 0. The first-order chi connectivity index (χ1) is 9.36. The Morgan fingerprint density at radius 1 is 1.20 bits per heavy atom. The van der Waals surface area contributed by atoms with E-state index in [0.29, 0.717) is 4.47 Å². The molecule has 20 heavy (non-hydrogen) atoms. The lowest BCUT2D eigenvalue weighted by molar-refractivity contribution is 0.521. The Hall–Kier alpha value is 0.0900. The number of sulfonamides is 1. The van der Waals surface area contributed by atoms with Gasteiger partial charge < -0.3 is 0 Å². The number of halogens is 2. The highest BCUT2D eigenvalue weighted by atomic mass is 79.9. The Morgan fingerprint density at radius 2 is 1.90 bits per heavy atom. The van der Waals surface area contributed by atoms with Crippen LogP contribution in [0.3, 0.4) is 0 Å². The zero-order valence-corrected chi connectivity index (χ0v) is 15.8. The fourth-order valence-electron chi connectivity index (χ4n) is 1.96. The average Bonchev–Trinajstić information content (AvgIpc) is 2.33. The van der Waals surface area contributed by atoms with Crippen LogP contribution in [0.15, 0.2) is 32.0 Å². The lowest BCUT2D eigenvalue weighted by atomic mass is 10.1. The highest BCUT2D eigenvalue weighted by Gasteiger charge is 2.19. The van der Waals surface area contributed by atoms with Gasteiger partial charge in [-0.05, 0) is 47.5 Å². The molecule has 3 nitrogen and oxygen atoms in total. The van der Waals surface area contributed by atoms with Crippen molar-refractivity contribution < 1.29 is 8.42 Å². The van der Waals surface area contributed by atoms with E-state index < -0.39 is 10.0 Å². The van der Waals surface area contributed by atoms with Crippen LogP contribution in [0.1, 0.15) is 46.0 Å². The number of unbranched alkanes of at least 4 members (excludes halogenated alkanes) is 3. The molecule has 1 aromatic rings. The first kappa shape index (κ1) is 18.1. The summed E-state index contributed by atoms with van der Waals surface area (Å²) in [7, 11) is -3.47. The lowest BCUT2D eigenvalue weighted by Gasteiger charge is -2.15. The second-order valence-electron chi connectivity index (χ2n) is 4.95. The largest absolute Gasteiger partial charge is 0.241 e. The van der Waals surface area contributed by atoms with Gasteiger partial charge in [0.2, 0.25) is 10.0 Å². The van der Waals surface area contributed by atoms with Crippen LogP contribution in [0, 0.1) is 0 Å². The molecule has 0 saturated carbocycles. The zero-order valence-electron chi connectivity index (χ0n) is 11.8. The van der Waals surface area contributed by atoms with Gasteiger partial charge >= 0.3 is 0 Å². The van der Waals surface area contributed by atoms with Crippen LogP contribution in [0.5, 0.6) is 0 Å². The average molecular weight is 427 g/mol. The minimum atomic E-state index is -3.47. The molecule has 0 bridgehead atoms. The van der Waals surface area contributed by atoms with Crippen LogP contribution in [0.2, 0.25) is 0 Å². The third-order valence-electron chi connectivity index (χ3n) is 3.03. The van der Waals surface area contributed by atoms with Crippen molar-refractivity contribution in [1.29, 1.82) is 0 Å². The Bertz CT molecular complexity index is 532. The minimum absolute atomic E-state index is 0.0487.